The second-order valence-electron chi connectivity index (χ2n) is 4.19. The van der Waals surface area contributed by atoms with E-state index < -0.39 is 12.1 Å². The van der Waals surface area contributed by atoms with E-state index in [1.165, 1.54) is 7.11 Å². The number of fused-ring (bicyclic) bond motifs is 1. The van der Waals surface area contributed by atoms with E-state index >= 15 is 0 Å². The number of aryl methyl sites for hydroxylation is 1. The number of aromatic nitrogens is 3. The molecule has 0 aliphatic rings. The summed E-state index contributed by atoms with van der Waals surface area (Å²) in [4.78, 5) is 22.7. The van der Waals surface area contributed by atoms with Gasteiger partial charge in [-0.2, -0.15) is 0 Å². The SMILES string of the molecule is COC(CNC(=O)c1ccc2c(c1)nnn2C)C(=O)O. The van der Waals surface area contributed by atoms with Gasteiger partial charge in [0.2, 0.25) is 0 Å². The third-order valence-electron chi connectivity index (χ3n) is 2.88. The molecule has 1 heterocycles. The van der Waals surface area contributed by atoms with Crippen LogP contribution < -0.4 is 5.32 Å². The predicted molar refractivity (Wildman–Crippen MR) is 69.3 cm³/mol. The zero-order chi connectivity index (χ0) is 14.7. The molecule has 2 rings (SSSR count). The monoisotopic (exact) mass is 278 g/mol. The van der Waals surface area contributed by atoms with Gasteiger partial charge in [0, 0.05) is 19.7 Å². The molecule has 1 aromatic heterocycles. The van der Waals surface area contributed by atoms with Crippen LogP contribution >= 0.6 is 0 Å². The van der Waals surface area contributed by atoms with Gasteiger partial charge in [0.15, 0.2) is 6.10 Å². The molecule has 0 aliphatic heterocycles. The molecule has 8 nitrogen and oxygen atoms in total. The van der Waals surface area contributed by atoms with E-state index in [4.69, 9.17) is 9.84 Å². The molecule has 2 N–H and O–H groups in total. The van der Waals surface area contributed by atoms with Crippen molar-refractivity contribution in [2.75, 3.05) is 13.7 Å². The largest absolute Gasteiger partial charge is 0.479 e. The Labute approximate surface area is 114 Å². The molecule has 20 heavy (non-hydrogen) atoms. The van der Waals surface area contributed by atoms with Crippen molar-refractivity contribution >= 4 is 22.9 Å². The van der Waals surface area contributed by atoms with Crippen molar-refractivity contribution in [2.45, 2.75) is 6.10 Å². The van der Waals surface area contributed by atoms with Gasteiger partial charge in [-0.1, -0.05) is 5.21 Å². The van der Waals surface area contributed by atoms with Crippen molar-refractivity contribution in [3.63, 3.8) is 0 Å². The van der Waals surface area contributed by atoms with Gasteiger partial charge in [0.25, 0.3) is 5.91 Å². The number of benzene rings is 1. The fraction of sp³-hybridized carbons (Fsp3) is 0.333. The van der Waals surface area contributed by atoms with E-state index in [0.29, 0.717) is 11.1 Å². The Morgan fingerprint density at radius 2 is 2.25 bits per heavy atom. The molecule has 0 fully saturated rings. The highest BCUT2D eigenvalue weighted by Gasteiger charge is 2.18. The smallest absolute Gasteiger partial charge is 0.334 e. The van der Waals surface area contributed by atoms with E-state index in [1.54, 1.807) is 29.9 Å². The van der Waals surface area contributed by atoms with Crippen LogP contribution in [-0.4, -0.2) is 51.7 Å². The quantitative estimate of drug-likeness (QED) is 0.784. The predicted octanol–water partition coefficient (Wildman–Crippen LogP) is -0.202. The Balaban J connectivity index is 2.09. The Morgan fingerprint density at radius 3 is 2.90 bits per heavy atom. The number of ether oxygens (including phenoxy) is 1. The topological polar surface area (TPSA) is 106 Å². The van der Waals surface area contributed by atoms with Crippen LogP contribution in [0.4, 0.5) is 0 Å². The molecule has 2 aromatic rings. The van der Waals surface area contributed by atoms with Crippen LogP contribution in [0.1, 0.15) is 10.4 Å². The summed E-state index contributed by atoms with van der Waals surface area (Å²) < 4.78 is 6.33. The molecule has 0 saturated carbocycles. The third-order valence-corrected chi connectivity index (χ3v) is 2.88. The van der Waals surface area contributed by atoms with Crippen molar-refractivity contribution < 1.29 is 19.4 Å². The molecule has 1 amide bonds. The Bertz CT molecular complexity index is 652. The maximum atomic E-state index is 11.9. The van der Waals surface area contributed by atoms with Gasteiger partial charge in [0.05, 0.1) is 12.1 Å². The number of carboxylic acid groups (broad SMARTS) is 1. The minimum Gasteiger partial charge on any atom is -0.479 e. The van der Waals surface area contributed by atoms with Crippen molar-refractivity contribution in [2.24, 2.45) is 7.05 Å². The highest BCUT2D eigenvalue weighted by atomic mass is 16.5. The number of hydrogen-bond acceptors (Lipinski definition) is 5. The van der Waals surface area contributed by atoms with E-state index in [0.717, 1.165) is 5.52 Å². The number of carboxylic acids is 1. The van der Waals surface area contributed by atoms with E-state index in [9.17, 15) is 9.59 Å². The number of nitrogens with one attached hydrogen (secondary N) is 1. The van der Waals surface area contributed by atoms with Gasteiger partial charge >= 0.3 is 5.97 Å². The minimum absolute atomic E-state index is 0.108. The lowest BCUT2D eigenvalue weighted by molar-refractivity contribution is -0.148. The molecular weight excluding hydrogens is 264 g/mol. The summed E-state index contributed by atoms with van der Waals surface area (Å²) in [5.41, 5.74) is 1.79. The lowest BCUT2D eigenvalue weighted by atomic mass is 10.2. The molecule has 1 unspecified atom stereocenters. The number of rotatable bonds is 5. The first-order valence-corrected chi connectivity index (χ1v) is 5.86. The maximum Gasteiger partial charge on any atom is 0.334 e. The summed E-state index contributed by atoms with van der Waals surface area (Å²) in [7, 11) is 3.03. The van der Waals surface area contributed by atoms with Gasteiger partial charge < -0.3 is 15.2 Å². The van der Waals surface area contributed by atoms with E-state index in [1.807, 2.05) is 0 Å². The molecule has 8 heteroatoms. The molecule has 1 aromatic carbocycles. The molecule has 0 bridgehead atoms. The van der Waals surface area contributed by atoms with Crippen LogP contribution in [0.25, 0.3) is 11.0 Å². The van der Waals surface area contributed by atoms with Crippen molar-refractivity contribution in [1.82, 2.24) is 20.3 Å². The first-order chi connectivity index (χ1) is 9.52. The Kier molecular flexibility index (Phi) is 3.94. The second kappa shape index (κ2) is 5.66. The lowest BCUT2D eigenvalue weighted by Crippen LogP contribution is -2.37. The standard InChI is InChI=1S/C12H14N4O4/c1-16-9-4-3-7(5-8(9)14-15-16)11(17)13-6-10(20-2)12(18)19/h3-5,10H,6H2,1-2H3,(H,13,17)(H,18,19). The molecule has 0 saturated heterocycles. The van der Waals surface area contributed by atoms with E-state index in [2.05, 4.69) is 15.6 Å². The molecule has 1 atom stereocenters. The molecule has 0 spiro atoms. The van der Waals surface area contributed by atoms with Gasteiger partial charge in [-0.3, -0.25) is 4.79 Å². The Morgan fingerprint density at radius 1 is 1.50 bits per heavy atom. The highest BCUT2D eigenvalue weighted by Crippen LogP contribution is 2.12. The van der Waals surface area contributed by atoms with E-state index in [-0.39, 0.29) is 12.5 Å². The first-order valence-electron chi connectivity index (χ1n) is 5.86. The fourth-order valence-corrected chi connectivity index (χ4v) is 1.74. The summed E-state index contributed by atoms with van der Waals surface area (Å²) in [5.74, 6) is -1.52. The first kappa shape index (κ1) is 13.9. The second-order valence-corrected chi connectivity index (χ2v) is 4.19. The third kappa shape index (κ3) is 2.75. The van der Waals surface area contributed by atoms with Crippen LogP contribution in [0.5, 0.6) is 0 Å². The van der Waals surface area contributed by atoms with Crippen LogP contribution in [0.2, 0.25) is 0 Å². The van der Waals surface area contributed by atoms with Crippen molar-refractivity contribution in [1.29, 1.82) is 0 Å². The van der Waals surface area contributed by atoms with Crippen LogP contribution in [0.15, 0.2) is 18.2 Å². The summed E-state index contributed by atoms with van der Waals surface area (Å²) in [5, 5.41) is 19.1. The number of methoxy groups -OCH3 is 1. The van der Waals surface area contributed by atoms with Crippen molar-refractivity contribution in [3.8, 4) is 0 Å². The summed E-state index contributed by atoms with van der Waals surface area (Å²) in [6.07, 6.45) is -1.07. The zero-order valence-corrected chi connectivity index (χ0v) is 11.0. The zero-order valence-electron chi connectivity index (χ0n) is 11.0. The molecule has 0 radical (unpaired) electrons. The van der Waals surface area contributed by atoms with Gasteiger partial charge in [-0.25, -0.2) is 9.48 Å². The van der Waals surface area contributed by atoms with Gasteiger partial charge in [-0.05, 0) is 18.2 Å². The number of hydrogen-bond donors (Lipinski definition) is 2. The average Bonchev–Trinajstić information content (AvgIpc) is 2.80. The lowest BCUT2D eigenvalue weighted by Gasteiger charge is -2.11. The fourth-order valence-electron chi connectivity index (χ4n) is 1.74. The van der Waals surface area contributed by atoms with Crippen molar-refractivity contribution in [3.05, 3.63) is 23.8 Å². The summed E-state index contributed by atoms with van der Waals surface area (Å²) >= 11 is 0. The number of nitrogens with zero attached hydrogens (tertiary/aromatic N) is 3. The summed E-state index contributed by atoms with van der Waals surface area (Å²) in [6, 6.07) is 4.96. The number of aliphatic carboxylic acids is 1. The Hall–Kier alpha value is -2.48. The van der Waals surface area contributed by atoms with Crippen LogP contribution in [0.3, 0.4) is 0 Å². The normalized spacial score (nSPS) is 12.3. The summed E-state index contributed by atoms with van der Waals surface area (Å²) in [6.45, 7) is -0.108. The molecule has 0 aliphatic carbocycles. The minimum atomic E-state index is -1.13. The number of amides is 1. The average molecular weight is 278 g/mol. The molecular formula is C12H14N4O4. The number of carbonyl (C=O) groups is 2. The maximum absolute atomic E-state index is 11.9. The number of carbonyl (C=O) groups excluding carboxylic acids is 1. The van der Waals surface area contributed by atoms with Gasteiger partial charge in [-0.15, -0.1) is 5.10 Å². The van der Waals surface area contributed by atoms with Crippen LogP contribution in [-0.2, 0) is 16.6 Å². The van der Waals surface area contributed by atoms with Crippen LogP contribution in [0, 0.1) is 0 Å². The molecule has 106 valence electrons. The van der Waals surface area contributed by atoms with Gasteiger partial charge in [0.1, 0.15) is 5.52 Å². The highest BCUT2D eigenvalue weighted by molar-refractivity contribution is 5.97.